The second kappa shape index (κ2) is 9.04. The quantitative estimate of drug-likeness (QED) is 0.404. The van der Waals surface area contributed by atoms with E-state index in [4.69, 9.17) is 23.2 Å². The summed E-state index contributed by atoms with van der Waals surface area (Å²) in [6.07, 6.45) is 0.868. The second-order valence-corrected chi connectivity index (χ2v) is 9.44. The number of carbonyl (C=O) groups excluding carboxylic acids is 1. The van der Waals surface area contributed by atoms with Gasteiger partial charge in [-0.05, 0) is 51.1 Å². The number of aromatic nitrogens is 4. The van der Waals surface area contributed by atoms with E-state index in [2.05, 4.69) is 15.3 Å². The molecule has 1 aliphatic rings. The summed E-state index contributed by atoms with van der Waals surface area (Å²) in [4.78, 5) is 23.3. The smallest absolute Gasteiger partial charge is 0.274 e. The number of nitrogens with one attached hydrogen (secondary N) is 1. The van der Waals surface area contributed by atoms with Crippen molar-refractivity contribution in [2.24, 2.45) is 7.05 Å². The highest BCUT2D eigenvalue weighted by atomic mass is 35.5. The van der Waals surface area contributed by atoms with E-state index in [9.17, 15) is 9.18 Å². The highest BCUT2D eigenvalue weighted by Gasteiger charge is 2.31. The maximum atomic E-state index is 14.6. The predicted molar refractivity (Wildman–Crippen MR) is 137 cm³/mol. The molecule has 0 bridgehead atoms. The van der Waals surface area contributed by atoms with Crippen LogP contribution in [-0.4, -0.2) is 56.3 Å². The van der Waals surface area contributed by atoms with Crippen LogP contribution in [0.5, 0.6) is 0 Å². The van der Waals surface area contributed by atoms with Crippen molar-refractivity contribution < 1.29 is 9.18 Å². The van der Waals surface area contributed by atoms with Crippen LogP contribution in [0.15, 0.2) is 30.3 Å². The van der Waals surface area contributed by atoms with Crippen LogP contribution < -0.4 is 5.32 Å². The van der Waals surface area contributed by atoms with Crippen molar-refractivity contribution in [2.45, 2.75) is 26.3 Å². The second-order valence-electron chi connectivity index (χ2n) is 9.08. The van der Waals surface area contributed by atoms with Gasteiger partial charge in [0.2, 0.25) is 5.69 Å². The molecule has 1 N–H and O–H groups in total. The van der Waals surface area contributed by atoms with Crippen molar-refractivity contribution in [3.63, 3.8) is 0 Å². The molecule has 0 radical (unpaired) electrons. The number of amides is 1. The van der Waals surface area contributed by atoms with Gasteiger partial charge in [0.25, 0.3) is 5.91 Å². The number of benzene rings is 2. The molecule has 36 heavy (non-hydrogen) atoms. The van der Waals surface area contributed by atoms with Crippen LogP contribution in [0.4, 0.5) is 10.1 Å². The highest BCUT2D eigenvalue weighted by molar-refractivity contribution is 6.34. The van der Waals surface area contributed by atoms with Gasteiger partial charge in [0.15, 0.2) is 0 Å². The molecule has 3 heterocycles. The zero-order valence-electron chi connectivity index (χ0n) is 20.4. The SMILES string of the molecule is [C-]#[N+]c1ccc(-c2nc(C(=O)N3CC[C@H](NC)C3)c(C)n2-c2cc3c(Cl)n(C)nc3cc2C)cc1F. The molecule has 1 amide bonds. The Labute approximate surface area is 213 Å². The molecule has 5 rings (SSSR count). The lowest BCUT2D eigenvalue weighted by atomic mass is 10.1. The molecule has 1 saturated heterocycles. The van der Waals surface area contributed by atoms with E-state index in [1.54, 1.807) is 22.7 Å². The molecule has 4 aromatic rings. The largest absolute Gasteiger partial charge is 0.336 e. The average Bonchev–Trinajstić information content (AvgIpc) is 3.55. The van der Waals surface area contributed by atoms with Gasteiger partial charge >= 0.3 is 0 Å². The summed E-state index contributed by atoms with van der Waals surface area (Å²) < 4.78 is 18.1. The van der Waals surface area contributed by atoms with Gasteiger partial charge in [0.05, 0.1) is 23.5 Å². The molecule has 1 aliphatic heterocycles. The minimum atomic E-state index is -0.638. The van der Waals surface area contributed by atoms with Crippen molar-refractivity contribution in [3.05, 3.63) is 69.7 Å². The maximum absolute atomic E-state index is 14.6. The molecule has 0 spiro atoms. The first-order valence-corrected chi connectivity index (χ1v) is 12.0. The number of hydrogen-bond acceptors (Lipinski definition) is 4. The van der Waals surface area contributed by atoms with E-state index in [1.165, 1.54) is 12.1 Å². The number of nitrogens with zero attached hydrogens (tertiary/aromatic N) is 6. The number of halogens is 2. The van der Waals surface area contributed by atoms with Gasteiger partial charge in [0, 0.05) is 37.1 Å². The molecule has 1 fully saturated rings. The fraction of sp³-hybridized carbons (Fsp3) is 0.308. The first-order chi connectivity index (χ1) is 17.2. The lowest BCUT2D eigenvalue weighted by Crippen LogP contribution is -2.34. The minimum absolute atomic E-state index is 0.0696. The Morgan fingerprint density at radius 1 is 1.28 bits per heavy atom. The van der Waals surface area contributed by atoms with E-state index in [1.807, 2.05) is 37.6 Å². The summed E-state index contributed by atoms with van der Waals surface area (Å²) in [5, 5.41) is 8.94. The molecular weight excluding hydrogens is 481 g/mol. The van der Waals surface area contributed by atoms with Crippen molar-refractivity contribution >= 4 is 34.1 Å². The Balaban J connectivity index is 1.73. The number of likely N-dealkylation sites (tertiary alicyclic amines) is 1. The van der Waals surface area contributed by atoms with E-state index in [0.29, 0.717) is 41.0 Å². The molecule has 2 aromatic carbocycles. The average molecular weight is 506 g/mol. The predicted octanol–water partition coefficient (Wildman–Crippen LogP) is 4.82. The van der Waals surface area contributed by atoms with E-state index < -0.39 is 5.82 Å². The third kappa shape index (κ3) is 3.83. The molecule has 8 nitrogen and oxygen atoms in total. The van der Waals surface area contributed by atoms with Crippen molar-refractivity contribution in [1.82, 2.24) is 29.5 Å². The fourth-order valence-electron chi connectivity index (χ4n) is 4.81. The number of hydrogen-bond donors (Lipinski definition) is 1. The normalized spacial score (nSPS) is 15.6. The topological polar surface area (TPSA) is 72.3 Å². The Hall–Kier alpha value is -3.74. The summed E-state index contributed by atoms with van der Waals surface area (Å²) in [5.74, 6) is -0.388. The zero-order valence-corrected chi connectivity index (χ0v) is 21.2. The van der Waals surface area contributed by atoms with Crippen LogP contribution >= 0.6 is 11.6 Å². The van der Waals surface area contributed by atoms with Crippen LogP contribution in [0.1, 0.15) is 28.2 Å². The van der Waals surface area contributed by atoms with Crippen molar-refractivity contribution in [3.8, 4) is 17.1 Å². The van der Waals surface area contributed by atoms with Gasteiger partial charge in [-0.15, -0.1) is 0 Å². The molecule has 0 saturated carbocycles. The monoisotopic (exact) mass is 505 g/mol. The van der Waals surface area contributed by atoms with Gasteiger partial charge in [-0.3, -0.25) is 14.0 Å². The van der Waals surface area contributed by atoms with E-state index >= 15 is 0 Å². The lowest BCUT2D eigenvalue weighted by molar-refractivity contribution is 0.0783. The molecular formula is C26H25ClFN7O. The van der Waals surface area contributed by atoms with Gasteiger partial charge in [-0.2, -0.15) is 5.10 Å². The molecule has 1 atom stereocenters. The number of likely N-dealkylation sites (N-methyl/N-ethyl adjacent to an activating group) is 1. The summed E-state index contributed by atoms with van der Waals surface area (Å²) >= 11 is 6.50. The lowest BCUT2D eigenvalue weighted by Gasteiger charge is -2.16. The molecule has 0 aliphatic carbocycles. The standard InChI is InChI=1S/C26H25ClFN7O/c1-14-10-21-18(24(27)33(5)32-21)12-22(14)35-15(2)23(26(36)34-9-8-17(13-34)29-3)31-25(35)16-6-7-20(30-4)19(28)11-16/h6-7,10-12,17,29H,8-9,13H2,1-3,5H3/t17-/m0/s1. The summed E-state index contributed by atoms with van der Waals surface area (Å²) in [6.45, 7) is 12.2. The van der Waals surface area contributed by atoms with Gasteiger partial charge in [-0.1, -0.05) is 23.7 Å². The zero-order chi connectivity index (χ0) is 25.7. The summed E-state index contributed by atoms with van der Waals surface area (Å²) in [7, 11) is 3.67. The molecule has 2 aromatic heterocycles. The third-order valence-electron chi connectivity index (χ3n) is 6.84. The highest BCUT2D eigenvalue weighted by Crippen LogP contribution is 2.34. The maximum Gasteiger partial charge on any atom is 0.274 e. The molecule has 10 heteroatoms. The van der Waals surface area contributed by atoms with Crippen LogP contribution in [0, 0.1) is 26.2 Å². The van der Waals surface area contributed by atoms with Gasteiger partial charge in [-0.25, -0.2) is 14.2 Å². The third-order valence-corrected chi connectivity index (χ3v) is 7.29. The Bertz CT molecular complexity index is 1560. The Morgan fingerprint density at radius 3 is 2.72 bits per heavy atom. The van der Waals surface area contributed by atoms with Crippen molar-refractivity contribution in [2.75, 3.05) is 20.1 Å². The van der Waals surface area contributed by atoms with Crippen LogP contribution in [-0.2, 0) is 7.05 Å². The van der Waals surface area contributed by atoms with E-state index in [0.717, 1.165) is 28.6 Å². The molecule has 184 valence electrons. The number of carbonyl (C=O) groups is 1. The van der Waals surface area contributed by atoms with Crippen molar-refractivity contribution in [1.29, 1.82) is 0 Å². The number of imidazole rings is 1. The van der Waals surface area contributed by atoms with Gasteiger partial charge in [0.1, 0.15) is 22.5 Å². The first-order valence-electron chi connectivity index (χ1n) is 11.6. The van der Waals surface area contributed by atoms with Crippen LogP contribution in [0.2, 0.25) is 5.15 Å². The molecule has 0 unspecified atom stereocenters. The Morgan fingerprint density at radius 2 is 2.06 bits per heavy atom. The van der Waals surface area contributed by atoms with Gasteiger partial charge < -0.3 is 10.2 Å². The minimum Gasteiger partial charge on any atom is -0.336 e. The summed E-state index contributed by atoms with van der Waals surface area (Å²) in [5.41, 5.74) is 3.76. The number of aryl methyl sites for hydroxylation is 2. The first kappa shape index (κ1) is 24.0. The number of rotatable bonds is 4. The fourth-order valence-corrected chi connectivity index (χ4v) is 5.00. The summed E-state index contributed by atoms with van der Waals surface area (Å²) in [6, 6.07) is 8.46. The van der Waals surface area contributed by atoms with Crippen LogP contribution in [0.3, 0.4) is 0 Å². The Kier molecular flexibility index (Phi) is 6.02. The van der Waals surface area contributed by atoms with Crippen LogP contribution in [0.25, 0.3) is 32.8 Å². The van der Waals surface area contributed by atoms with E-state index in [-0.39, 0.29) is 17.6 Å². The number of fused-ring (bicyclic) bond motifs is 1.